The average Bonchev–Trinajstić information content (AvgIpc) is 3.40. The van der Waals surface area contributed by atoms with Crippen molar-refractivity contribution in [3.8, 4) is 11.8 Å². The predicted molar refractivity (Wildman–Crippen MR) is 138 cm³/mol. The maximum atomic E-state index is 9.53. The van der Waals surface area contributed by atoms with Gasteiger partial charge in [0.1, 0.15) is 17.5 Å². The Morgan fingerprint density at radius 2 is 2.03 bits per heavy atom. The number of anilines is 1. The van der Waals surface area contributed by atoms with Gasteiger partial charge in [-0.1, -0.05) is 24.3 Å². The molecule has 0 fully saturated rings. The standard InChI is InChI=1S/C22H27N7S.HI/c1-25-22(28(2)14-12-18-10-7-15-30-18)26-13-6-11-20-19(16-23)21(24)29(27-20)17-8-4-3-5-9-17;/h3-5,7-10,15H,6,11-14,24H2,1-2H3,(H,25,26);1H. The number of likely N-dealkylation sites (N-methyl/N-ethyl adjacent to an activating group) is 1. The third-order valence-corrected chi connectivity index (χ3v) is 5.76. The molecule has 0 bridgehead atoms. The van der Waals surface area contributed by atoms with Crippen LogP contribution in [0.5, 0.6) is 0 Å². The molecule has 0 unspecified atom stereocenters. The van der Waals surface area contributed by atoms with Crippen LogP contribution in [0.15, 0.2) is 52.8 Å². The zero-order valence-electron chi connectivity index (χ0n) is 17.8. The van der Waals surface area contributed by atoms with E-state index in [0.29, 0.717) is 17.8 Å². The van der Waals surface area contributed by atoms with Gasteiger partial charge in [-0.2, -0.15) is 10.4 Å². The van der Waals surface area contributed by atoms with E-state index in [4.69, 9.17) is 5.73 Å². The number of nitrogens with one attached hydrogen (secondary N) is 1. The van der Waals surface area contributed by atoms with Gasteiger partial charge in [-0.05, 0) is 42.8 Å². The number of aromatic nitrogens is 2. The number of thiophene rings is 1. The molecule has 0 atom stereocenters. The molecule has 3 N–H and O–H groups in total. The van der Waals surface area contributed by atoms with E-state index in [1.807, 2.05) is 37.4 Å². The summed E-state index contributed by atoms with van der Waals surface area (Å²) in [6.07, 6.45) is 2.48. The number of nitriles is 1. The molecular weight excluding hydrogens is 521 g/mol. The van der Waals surface area contributed by atoms with Crippen LogP contribution in [0.1, 0.15) is 22.6 Å². The lowest BCUT2D eigenvalue weighted by molar-refractivity contribution is 0.485. The Morgan fingerprint density at radius 3 is 2.68 bits per heavy atom. The fourth-order valence-electron chi connectivity index (χ4n) is 3.22. The number of aryl methyl sites for hydroxylation is 1. The highest BCUT2D eigenvalue weighted by Crippen LogP contribution is 2.21. The summed E-state index contributed by atoms with van der Waals surface area (Å²) in [5, 5.41) is 19.6. The summed E-state index contributed by atoms with van der Waals surface area (Å²) >= 11 is 1.78. The van der Waals surface area contributed by atoms with E-state index in [1.54, 1.807) is 23.1 Å². The summed E-state index contributed by atoms with van der Waals surface area (Å²) < 4.78 is 1.64. The summed E-state index contributed by atoms with van der Waals surface area (Å²) in [5.74, 6) is 1.25. The molecule has 0 aliphatic carbocycles. The molecule has 0 spiro atoms. The fourth-order valence-corrected chi connectivity index (χ4v) is 3.92. The van der Waals surface area contributed by atoms with E-state index in [-0.39, 0.29) is 24.0 Å². The largest absolute Gasteiger partial charge is 0.382 e. The number of hydrogen-bond donors (Lipinski definition) is 2. The molecule has 2 aromatic heterocycles. The second-order valence-corrected chi connectivity index (χ2v) is 7.93. The average molecular weight is 549 g/mol. The zero-order valence-corrected chi connectivity index (χ0v) is 20.9. The number of rotatable bonds is 8. The van der Waals surface area contributed by atoms with Crippen LogP contribution in [0.25, 0.3) is 5.69 Å². The highest BCUT2D eigenvalue weighted by Gasteiger charge is 2.16. The third-order valence-electron chi connectivity index (χ3n) is 4.83. The quantitative estimate of drug-likeness (QED) is 0.194. The number of guanidine groups is 1. The van der Waals surface area contributed by atoms with Crippen molar-refractivity contribution in [2.24, 2.45) is 4.99 Å². The van der Waals surface area contributed by atoms with Gasteiger partial charge in [0, 0.05) is 32.1 Å². The molecule has 3 aromatic rings. The topological polar surface area (TPSA) is 95.3 Å². The molecule has 0 aliphatic rings. The Labute approximate surface area is 204 Å². The first-order chi connectivity index (χ1) is 14.6. The monoisotopic (exact) mass is 549 g/mol. The van der Waals surface area contributed by atoms with E-state index in [1.165, 1.54) is 4.88 Å². The minimum atomic E-state index is 0. The van der Waals surface area contributed by atoms with Gasteiger partial charge in [0.05, 0.1) is 11.4 Å². The first-order valence-electron chi connectivity index (χ1n) is 9.91. The molecular formula is C22H28IN7S. The molecule has 9 heteroatoms. The summed E-state index contributed by atoms with van der Waals surface area (Å²) in [7, 11) is 3.83. The van der Waals surface area contributed by atoms with Crippen molar-refractivity contribution < 1.29 is 0 Å². The lowest BCUT2D eigenvalue weighted by atomic mass is 10.1. The normalized spacial score (nSPS) is 10.9. The van der Waals surface area contributed by atoms with Crippen molar-refractivity contribution in [1.82, 2.24) is 20.0 Å². The fraction of sp³-hybridized carbons (Fsp3) is 0.318. The van der Waals surface area contributed by atoms with Crippen molar-refractivity contribution in [3.63, 3.8) is 0 Å². The highest BCUT2D eigenvalue weighted by molar-refractivity contribution is 14.0. The molecule has 0 saturated heterocycles. The number of hydrogen-bond acceptors (Lipinski definition) is 5. The van der Waals surface area contributed by atoms with Crippen molar-refractivity contribution >= 4 is 47.1 Å². The zero-order chi connectivity index (χ0) is 21.3. The Bertz CT molecular complexity index is 1010. The van der Waals surface area contributed by atoms with E-state index in [2.05, 4.69) is 43.9 Å². The molecule has 3 rings (SSSR count). The van der Waals surface area contributed by atoms with Crippen molar-refractivity contribution in [2.45, 2.75) is 19.3 Å². The molecule has 7 nitrogen and oxygen atoms in total. The molecule has 164 valence electrons. The van der Waals surface area contributed by atoms with Crippen LogP contribution >= 0.6 is 35.3 Å². The Balaban J connectivity index is 0.00000341. The molecule has 0 saturated carbocycles. The van der Waals surface area contributed by atoms with Crippen molar-refractivity contribution in [1.29, 1.82) is 5.26 Å². The van der Waals surface area contributed by atoms with Crippen LogP contribution in [0.3, 0.4) is 0 Å². The molecule has 31 heavy (non-hydrogen) atoms. The molecule has 0 amide bonds. The second kappa shape index (κ2) is 12.3. The maximum absolute atomic E-state index is 9.53. The van der Waals surface area contributed by atoms with Crippen LogP contribution in [0, 0.1) is 11.3 Å². The van der Waals surface area contributed by atoms with Gasteiger partial charge in [0.2, 0.25) is 0 Å². The minimum Gasteiger partial charge on any atom is -0.382 e. The van der Waals surface area contributed by atoms with Gasteiger partial charge in [-0.3, -0.25) is 4.99 Å². The number of nitrogens with two attached hydrogens (primary N) is 1. The molecule has 1 aromatic carbocycles. The number of aliphatic imine (C=N–C) groups is 1. The van der Waals surface area contributed by atoms with Crippen LogP contribution in [0.2, 0.25) is 0 Å². The number of para-hydroxylation sites is 1. The highest BCUT2D eigenvalue weighted by atomic mass is 127. The summed E-state index contributed by atoms with van der Waals surface area (Å²) in [6, 6.07) is 16.1. The number of nitrogens with zero attached hydrogens (tertiary/aromatic N) is 5. The van der Waals surface area contributed by atoms with E-state index in [9.17, 15) is 5.26 Å². The van der Waals surface area contributed by atoms with Crippen LogP contribution in [0.4, 0.5) is 5.82 Å². The number of halogens is 1. The van der Waals surface area contributed by atoms with Crippen LogP contribution in [-0.4, -0.2) is 47.8 Å². The van der Waals surface area contributed by atoms with E-state index < -0.39 is 0 Å². The molecule has 0 aliphatic heterocycles. The van der Waals surface area contributed by atoms with Gasteiger partial charge in [0.15, 0.2) is 5.96 Å². The Hall–Kier alpha value is -2.58. The maximum Gasteiger partial charge on any atom is 0.193 e. The van der Waals surface area contributed by atoms with Crippen LogP contribution < -0.4 is 11.1 Å². The molecule has 0 radical (unpaired) electrons. The smallest absolute Gasteiger partial charge is 0.193 e. The predicted octanol–water partition coefficient (Wildman–Crippen LogP) is 3.69. The van der Waals surface area contributed by atoms with Crippen molar-refractivity contribution in [3.05, 3.63) is 64.0 Å². The first-order valence-corrected chi connectivity index (χ1v) is 10.8. The lowest BCUT2D eigenvalue weighted by Gasteiger charge is -2.21. The summed E-state index contributed by atoms with van der Waals surface area (Å²) in [4.78, 5) is 7.86. The second-order valence-electron chi connectivity index (χ2n) is 6.89. The third kappa shape index (κ3) is 6.45. The summed E-state index contributed by atoms with van der Waals surface area (Å²) in [6.45, 7) is 1.63. The lowest BCUT2D eigenvalue weighted by Crippen LogP contribution is -2.40. The molecule has 2 heterocycles. The van der Waals surface area contributed by atoms with E-state index >= 15 is 0 Å². The number of benzene rings is 1. The Kier molecular flexibility index (Phi) is 9.81. The Morgan fingerprint density at radius 1 is 1.26 bits per heavy atom. The van der Waals surface area contributed by atoms with E-state index in [0.717, 1.165) is 43.3 Å². The SMILES string of the molecule is CN=C(NCCCc1nn(-c2ccccc2)c(N)c1C#N)N(C)CCc1cccs1.I. The summed E-state index contributed by atoms with van der Waals surface area (Å²) in [5.41, 5.74) is 8.20. The first kappa shape index (κ1) is 24.7. The van der Waals surface area contributed by atoms with Gasteiger partial charge in [-0.25, -0.2) is 4.68 Å². The van der Waals surface area contributed by atoms with Gasteiger partial charge in [0.25, 0.3) is 0 Å². The van der Waals surface area contributed by atoms with Gasteiger partial charge >= 0.3 is 0 Å². The van der Waals surface area contributed by atoms with Crippen molar-refractivity contribution in [2.75, 3.05) is 32.9 Å². The number of nitrogen functional groups attached to an aromatic ring is 1. The van der Waals surface area contributed by atoms with Gasteiger partial charge in [-0.15, -0.1) is 35.3 Å². The minimum absolute atomic E-state index is 0. The van der Waals surface area contributed by atoms with Gasteiger partial charge < -0.3 is 16.0 Å². The van der Waals surface area contributed by atoms with Crippen LogP contribution in [-0.2, 0) is 12.8 Å².